The van der Waals surface area contributed by atoms with Crippen LogP contribution in [0.3, 0.4) is 0 Å². The molecule has 1 amide bonds. The molecule has 1 N–H and O–H groups in total. The van der Waals surface area contributed by atoms with E-state index in [0.717, 1.165) is 22.6 Å². The molecule has 1 radical (unpaired) electrons. The van der Waals surface area contributed by atoms with Crippen molar-refractivity contribution in [1.29, 1.82) is 0 Å². The molecule has 1 aromatic rings. The maximum absolute atomic E-state index is 11.1. The van der Waals surface area contributed by atoms with Gasteiger partial charge in [0, 0.05) is 4.90 Å². The SMILES string of the molecule is C=CCc1c[c]c2c(c1)NC(=O)CS2. The molecule has 0 spiro atoms. The van der Waals surface area contributed by atoms with Crippen LogP contribution < -0.4 is 5.32 Å². The Bertz CT molecular complexity index is 387. The first kappa shape index (κ1) is 9.34. The van der Waals surface area contributed by atoms with E-state index < -0.39 is 0 Å². The topological polar surface area (TPSA) is 29.1 Å². The zero-order valence-electron chi connectivity index (χ0n) is 7.67. The smallest absolute Gasteiger partial charge is 0.234 e. The van der Waals surface area contributed by atoms with Crippen molar-refractivity contribution < 1.29 is 4.79 Å². The summed E-state index contributed by atoms with van der Waals surface area (Å²) in [6.07, 6.45) is 2.65. The second-order valence-electron chi connectivity index (χ2n) is 3.08. The quantitative estimate of drug-likeness (QED) is 0.749. The van der Waals surface area contributed by atoms with Crippen molar-refractivity contribution >= 4 is 23.4 Å². The molecule has 1 heterocycles. The highest BCUT2D eigenvalue weighted by Crippen LogP contribution is 2.31. The Hall–Kier alpha value is -1.22. The van der Waals surface area contributed by atoms with Gasteiger partial charge in [-0.25, -0.2) is 0 Å². The Morgan fingerprint density at radius 2 is 2.57 bits per heavy atom. The highest BCUT2D eigenvalue weighted by atomic mass is 32.2. The molecule has 0 fully saturated rings. The van der Waals surface area contributed by atoms with Crippen LogP contribution in [0.4, 0.5) is 5.69 Å². The van der Waals surface area contributed by atoms with Gasteiger partial charge in [0.25, 0.3) is 0 Å². The third-order valence-corrected chi connectivity index (χ3v) is 3.00. The highest BCUT2D eigenvalue weighted by molar-refractivity contribution is 8.00. The van der Waals surface area contributed by atoms with Crippen molar-refractivity contribution in [1.82, 2.24) is 0 Å². The fourth-order valence-corrected chi connectivity index (χ4v) is 2.10. The van der Waals surface area contributed by atoms with Crippen molar-refractivity contribution in [2.75, 3.05) is 11.1 Å². The molecule has 2 rings (SSSR count). The third-order valence-electron chi connectivity index (χ3n) is 1.96. The molecule has 0 aromatic heterocycles. The third kappa shape index (κ3) is 1.82. The molecule has 2 nitrogen and oxygen atoms in total. The summed E-state index contributed by atoms with van der Waals surface area (Å²) in [7, 11) is 0. The molecule has 1 aliphatic rings. The summed E-state index contributed by atoms with van der Waals surface area (Å²) >= 11 is 1.53. The molecule has 71 valence electrons. The van der Waals surface area contributed by atoms with Gasteiger partial charge < -0.3 is 5.32 Å². The van der Waals surface area contributed by atoms with Gasteiger partial charge in [-0.05, 0) is 30.2 Å². The normalized spacial score (nSPS) is 14.4. The minimum atomic E-state index is 0.0617. The first-order valence-corrected chi connectivity index (χ1v) is 5.36. The van der Waals surface area contributed by atoms with Crippen LogP contribution in [0, 0.1) is 6.07 Å². The maximum Gasteiger partial charge on any atom is 0.234 e. The summed E-state index contributed by atoms with van der Waals surface area (Å²) in [5, 5.41) is 2.83. The monoisotopic (exact) mass is 204 g/mol. The number of allylic oxidation sites excluding steroid dienone is 1. The van der Waals surface area contributed by atoms with Crippen LogP contribution in [0.15, 0.2) is 29.7 Å². The van der Waals surface area contributed by atoms with Crippen LogP contribution in [-0.4, -0.2) is 11.7 Å². The summed E-state index contributed by atoms with van der Waals surface area (Å²) in [5.74, 6) is 0.552. The lowest BCUT2D eigenvalue weighted by molar-refractivity contribution is -0.113. The first-order valence-electron chi connectivity index (χ1n) is 4.38. The van der Waals surface area contributed by atoms with E-state index in [9.17, 15) is 4.79 Å². The molecule has 0 unspecified atom stereocenters. The first-order chi connectivity index (χ1) is 6.79. The summed E-state index contributed by atoms with van der Waals surface area (Å²) in [6.45, 7) is 3.68. The second-order valence-corrected chi connectivity index (χ2v) is 4.07. The van der Waals surface area contributed by atoms with Crippen molar-refractivity contribution in [3.8, 4) is 0 Å². The zero-order valence-corrected chi connectivity index (χ0v) is 8.49. The predicted molar refractivity (Wildman–Crippen MR) is 58.5 cm³/mol. The van der Waals surface area contributed by atoms with E-state index in [-0.39, 0.29) is 5.91 Å². The number of rotatable bonds is 2. The minimum absolute atomic E-state index is 0.0617. The molecule has 1 aromatic carbocycles. The van der Waals surface area contributed by atoms with Gasteiger partial charge in [-0.2, -0.15) is 0 Å². The number of thioether (sulfide) groups is 1. The van der Waals surface area contributed by atoms with Crippen LogP contribution in [0.1, 0.15) is 5.56 Å². The van der Waals surface area contributed by atoms with Crippen molar-refractivity contribution in [2.45, 2.75) is 11.3 Å². The molecule has 0 bridgehead atoms. The molecule has 0 saturated carbocycles. The Kier molecular flexibility index (Phi) is 2.59. The molecule has 1 aliphatic heterocycles. The number of amides is 1. The zero-order chi connectivity index (χ0) is 9.97. The van der Waals surface area contributed by atoms with Gasteiger partial charge in [0.15, 0.2) is 0 Å². The number of hydrogen-bond donors (Lipinski definition) is 1. The molecule has 0 atom stereocenters. The van der Waals surface area contributed by atoms with Crippen LogP contribution in [-0.2, 0) is 11.2 Å². The van der Waals surface area contributed by atoms with Crippen molar-refractivity contribution in [2.24, 2.45) is 0 Å². The molecule has 0 saturated heterocycles. The van der Waals surface area contributed by atoms with Crippen LogP contribution in [0.2, 0.25) is 0 Å². The largest absolute Gasteiger partial charge is 0.324 e. The van der Waals surface area contributed by atoms with E-state index in [4.69, 9.17) is 0 Å². The molecule has 0 aliphatic carbocycles. The standard InChI is InChI=1S/C11H10NOS/c1-2-3-8-4-5-10-9(6-8)12-11(13)7-14-10/h2,4,6H,1,3,7H2,(H,12,13). The molecule has 14 heavy (non-hydrogen) atoms. The predicted octanol–water partition coefficient (Wildman–Crippen LogP) is 2.26. The Morgan fingerprint density at radius 3 is 3.36 bits per heavy atom. The molecular weight excluding hydrogens is 194 g/mol. The van der Waals surface area contributed by atoms with Gasteiger partial charge in [0.05, 0.1) is 11.4 Å². The van der Waals surface area contributed by atoms with Gasteiger partial charge in [-0.15, -0.1) is 18.3 Å². The average Bonchev–Trinajstić information content (AvgIpc) is 2.17. The molecular formula is C11H10NOS. The van der Waals surface area contributed by atoms with E-state index in [1.54, 1.807) is 0 Å². The summed E-state index contributed by atoms with van der Waals surface area (Å²) in [6, 6.07) is 7.10. The van der Waals surface area contributed by atoms with Gasteiger partial charge in [-0.3, -0.25) is 4.79 Å². The maximum atomic E-state index is 11.1. The summed E-state index contributed by atoms with van der Waals surface area (Å²) < 4.78 is 0. The fraction of sp³-hybridized carbons (Fsp3) is 0.182. The minimum Gasteiger partial charge on any atom is -0.324 e. The number of benzene rings is 1. The van der Waals surface area contributed by atoms with Crippen molar-refractivity contribution in [3.05, 3.63) is 36.4 Å². The lowest BCUT2D eigenvalue weighted by Gasteiger charge is -2.16. The van der Waals surface area contributed by atoms with Gasteiger partial charge in [0.1, 0.15) is 0 Å². The Labute approximate surface area is 87.4 Å². The van der Waals surface area contributed by atoms with E-state index >= 15 is 0 Å². The summed E-state index contributed by atoms with van der Waals surface area (Å²) in [4.78, 5) is 12.2. The van der Waals surface area contributed by atoms with Gasteiger partial charge in [0.2, 0.25) is 5.91 Å². The number of fused-ring (bicyclic) bond motifs is 1. The van der Waals surface area contributed by atoms with Crippen LogP contribution >= 0.6 is 11.8 Å². The van der Waals surface area contributed by atoms with E-state index in [2.05, 4.69) is 18.0 Å². The fourth-order valence-electron chi connectivity index (χ4n) is 1.35. The van der Waals surface area contributed by atoms with E-state index in [0.29, 0.717) is 5.75 Å². The molecule has 3 heteroatoms. The number of hydrogen-bond acceptors (Lipinski definition) is 2. The average molecular weight is 204 g/mol. The van der Waals surface area contributed by atoms with E-state index in [1.165, 1.54) is 11.8 Å². The van der Waals surface area contributed by atoms with Gasteiger partial charge >= 0.3 is 0 Å². The van der Waals surface area contributed by atoms with Crippen LogP contribution in [0.5, 0.6) is 0 Å². The number of nitrogens with one attached hydrogen (secondary N) is 1. The van der Waals surface area contributed by atoms with Crippen LogP contribution in [0.25, 0.3) is 0 Å². The highest BCUT2D eigenvalue weighted by Gasteiger charge is 2.15. The summed E-state index contributed by atoms with van der Waals surface area (Å²) in [5.41, 5.74) is 2.01. The Balaban J connectivity index is 2.32. The number of carbonyl (C=O) groups excluding carboxylic acids is 1. The lowest BCUT2D eigenvalue weighted by atomic mass is 10.1. The van der Waals surface area contributed by atoms with Gasteiger partial charge in [-0.1, -0.05) is 6.08 Å². The second kappa shape index (κ2) is 3.88. The van der Waals surface area contributed by atoms with E-state index in [1.807, 2.05) is 18.2 Å². The lowest BCUT2D eigenvalue weighted by Crippen LogP contribution is -2.18. The van der Waals surface area contributed by atoms with Crippen molar-refractivity contribution in [3.63, 3.8) is 0 Å². The number of anilines is 1. The Morgan fingerprint density at radius 1 is 1.71 bits per heavy atom. The number of carbonyl (C=O) groups is 1.